The lowest BCUT2D eigenvalue weighted by molar-refractivity contribution is -0.150. The summed E-state index contributed by atoms with van der Waals surface area (Å²) in [5.74, 6) is -1.98. The summed E-state index contributed by atoms with van der Waals surface area (Å²) in [4.78, 5) is 23.4. The zero-order chi connectivity index (χ0) is 14.2. The molecule has 1 aliphatic carbocycles. The highest BCUT2D eigenvalue weighted by molar-refractivity contribution is 6.41. The highest BCUT2D eigenvalue weighted by Crippen LogP contribution is 2.56. The van der Waals surface area contributed by atoms with E-state index in [-0.39, 0.29) is 0 Å². The summed E-state index contributed by atoms with van der Waals surface area (Å²) >= 11 is 0. The van der Waals surface area contributed by atoms with Crippen LogP contribution in [0.4, 0.5) is 0 Å². The number of ketones is 2. The molecule has 0 amide bonds. The van der Waals surface area contributed by atoms with Crippen molar-refractivity contribution < 1.29 is 9.59 Å². The number of hydrogen-bond acceptors (Lipinski definition) is 6. The molecule has 0 bridgehead atoms. The van der Waals surface area contributed by atoms with E-state index in [1.54, 1.807) is 24.3 Å². The van der Waals surface area contributed by atoms with Crippen molar-refractivity contribution in [3.8, 4) is 24.3 Å². The molecule has 2 unspecified atom stereocenters. The highest BCUT2D eigenvalue weighted by Gasteiger charge is 2.69. The fourth-order valence-electron chi connectivity index (χ4n) is 2.13. The van der Waals surface area contributed by atoms with Crippen LogP contribution in [0.3, 0.4) is 0 Å². The fourth-order valence-corrected chi connectivity index (χ4v) is 2.13. The van der Waals surface area contributed by atoms with Crippen molar-refractivity contribution in [1.29, 1.82) is 21.0 Å². The zero-order valence-corrected chi connectivity index (χ0v) is 9.81. The predicted octanol–water partition coefficient (Wildman–Crippen LogP) is 0.622. The van der Waals surface area contributed by atoms with Crippen molar-refractivity contribution in [3.05, 3.63) is 0 Å². The monoisotopic (exact) mass is 240 g/mol. The number of carbonyl (C=O) groups excluding carboxylic acids is 2. The Balaban J connectivity index is 3.77. The van der Waals surface area contributed by atoms with E-state index in [9.17, 15) is 14.9 Å². The van der Waals surface area contributed by atoms with E-state index in [4.69, 9.17) is 15.8 Å². The van der Waals surface area contributed by atoms with Crippen molar-refractivity contribution in [2.24, 2.45) is 16.2 Å². The van der Waals surface area contributed by atoms with Gasteiger partial charge >= 0.3 is 0 Å². The molecule has 0 heterocycles. The van der Waals surface area contributed by atoms with Gasteiger partial charge in [-0.1, -0.05) is 0 Å². The van der Waals surface area contributed by atoms with E-state index in [0.29, 0.717) is 0 Å². The minimum absolute atomic E-state index is 0.653. The molecule has 6 heteroatoms. The normalized spacial score (nSPS) is 33.7. The molecule has 0 N–H and O–H groups in total. The number of hydrogen-bond donors (Lipinski definition) is 0. The van der Waals surface area contributed by atoms with E-state index < -0.39 is 34.2 Å². The van der Waals surface area contributed by atoms with Gasteiger partial charge in [0.15, 0.2) is 5.41 Å². The molecule has 0 aromatic rings. The Labute approximate surface area is 104 Å². The molecule has 0 radical (unpaired) electrons. The molecular weight excluding hydrogens is 232 g/mol. The molecule has 2 atom stereocenters. The van der Waals surface area contributed by atoms with Gasteiger partial charge in [-0.2, -0.15) is 21.0 Å². The summed E-state index contributed by atoms with van der Waals surface area (Å²) in [6, 6.07) is 6.64. The molecule has 0 aromatic heterocycles. The van der Waals surface area contributed by atoms with Crippen LogP contribution in [0.25, 0.3) is 0 Å². The quantitative estimate of drug-likeness (QED) is 0.570. The molecule has 88 valence electrons. The summed E-state index contributed by atoms with van der Waals surface area (Å²) in [5, 5.41) is 36.7. The SMILES string of the molecule is CC1(C#N)C(=O)C(=O)CC(C#N)(C#N)C1(C)C#N. The Kier molecular flexibility index (Phi) is 2.72. The van der Waals surface area contributed by atoms with Gasteiger partial charge in [0, 0.05) is 6.42 Å². The van der Waals surface area contributed by atoms with E-state index in [1.165, 1.54) is 6.92 Å². The maximum Gasteiger partial charge on any atom is 0.220 e. The molecule has 0 saturated heterocycles. The molecule has 1 rings (SSSR count). The third kappa shape index (κ3) is 1.12. The van der Waals surface area contributed by atoms with Gasteiger partial charge in [0.05, 0.1) is 24.3 Å². The number of rotatable bonds is 0. The van der Waals surface area contributed by atoms with Crippen LogP contribution >= 0.6 is 0 Å². The fraction of sp³-hybridized carbons (Fsp3) is 0.500. The third-order valence-electron chi connectivity index (χ3n) is 3.82. The first-order valence-electron chi connectivity index (χ1n) is 5.01. The number of nitriles is 4. The van der Waals surface area contributed by atoms with Crippen molar-refractivity contribution in [2.45, 2.75) is 20.3 Å². The average Bonchev–Trinajstić information content (AvgIpc) is 2.40. The summed E-state index contributed by atoms with van der Waals surface area (Å²) < 4.78 is 0. The number of carbonyl (C=O) groups is 2. The van der Waals surface area contributed by atoms with Crippen LogP contribution in [0, 0.1) is 61.6 Å². The van der Waals surface area contributed by atoms with Crippen LogP contribution in [0.1, 0.15) is 20.3 Å². The first kappa shape index (κ1) is 13.4. The molecule has 0 aliphatic heterocycles. The average molecular weight is 240 g/mol. The van der Waals surface area contributed by atoms with Gasteiger partial charge in [-0.3, -0.25) is 9.59 Å². The highest BCUT2D eigenvalue weighted by atomic mass is 16.2. The zero-order valence-electron chi connectivity index (χ0n) is 9.81. The van der Waals surface area contributed by atoms with Gasteiger partial charge in [-0.05, 0) is 13.8 Å². The topological polar surface area (TPSA) is 129 Å². The van der Waals surface area contributed by atoms with Crippen molar-refractivity contribution in [2.75, 3.05) is 0 Å². The Morgan fingerprint density at radius 3 is 1.78 bits per heavy atom. The number of nitrogens with zero attached hydrogens (tertiary/aromatic N) is 4. The molecule has 6 nitrogen and oxygen atoms in total. The van der Waals surface area contributed by atoms with Crippen molar-refractivity contribution in [1.82, 2.24) is 0 Å². The maximum atomic E-state index is 11.8. The second-order valence-electron chi connectivity index (χ2n) is 4.53. The smallest absolute Gasteiger partial charge is 0.220 e. The molecule has 18 heavy (non-hydrogen) atoms. The first-order valence-corrected chi connectivity index (χ1v) is 5.01. The molecule has 1 aliphatic rings. The van der Waals surface area contributed by atoms with Crippen LogP contribution < -0.4 is 0 Å². The largest absolute Gasteiger partial charge is 0.291 e. The lowest BCUT2D eigenvalue weighted by Gasteiger charge is -2.45. The summed E-state index contributed by atoms with van der Waals surface area (Å²) in [6.07, 6.45) is -0.653. The van der Waals surface area contributed by atoms with Crippen molar-refractivity contribution >= 4 is 11.6 Å². The van der Waals surface area contributed by atoms with Crippen LogP contribution in [-0.4, -0.2) is 11.6 Å². The Morgan fingerprint density at radius 1 is 0.944 bits per heavy atom. The van der Waals surface area contributed by atoms with E-state index in [0.717, 1.165) is 6.92 Å². The molecule has 0 spiro atoms. The first-order chi connectivity index (χ1) is 8.28. The third-order valence-corrected chi connectivity index (χ3v) is 3.82. The van der Waals surface area contributed by atoms with Gasteiger partial charge < -0.3 is 0 Å². The van der Waals surface area contributed by atoms with E-state index in [2.05, 4.69) is 0 Å². The van der Waals surface area contributed by atoms with Gasteiger partial charge in [0.1, 0.15) is 10.8 Å². The molecule has 0 aromatic carbocycles. The lowest BCUT2D eigenvalue weighted by atomic mass is 9.47. The van der Waals surface area contributed by atoms with Crippen LogP contribution in [0.5, 0.6) is 0 Å². The van der Waals surface area contributed by atoms with Crippen LogP contribution in [0.2, 0.25) is 0 Å². The van der Waals surface area contributed by atoms with Gasteiger partial charge in [0.25, 0.3) is 0 Å². The van der Waals surface area contributed by atoms with E-state index >= 15 is 0 Å². The van der Waals surface area contributed by atoms with Crippen LogP contribution in [0.15, 0.2) is 0 Å². The summed E-state index contributed by atoms with van der Waals surface area (Å²) in [6.45, 7) is 2.33. The standard InChI is InChI=1S/C12H8N4O2/c1-10(4-13)9(18)8(17)3-12(6-15,7-16)11(10,2)5-14/h3H2,1-2H3. The van der Waals surface area contributed by atoms with Gasteiger partial charge in [0.2, 0.25) is 11.6 Å². The Bertz CT molecular complexity index is 596. The number of Topliss-reactive ketones (excluding diaryl/α,β-unsaturated/α-hetero) is 2. The summed E-state index contributed by atoms with van der Waals surface area (Å²) in [7, 11) is 0. The maximum absolute atomic E-state index is 11.8. The molecular formula is C12H8N4O2. The Morgan fingerprint density at radius 2 is 1.44 bits per heavy atom. The van der Waals surface area contributed by atoms with E-state index in [1.807, 2.05) is 0 Å². The van der Waals surface area contributed by atoms with Crippen LogP contribution in [-0.2, 0) is 9.59 Å². The predicted molar refractivity (Wildman–Crippen MR) is 55.7 cm³/mol. The van der Waals surface area contributed by atoms with Gasteiger partial charge in [-0.15, -0.1) is 0 Å². The lowest BCUT2D eigenvalue weighted by Crippen LogP contribution is -2.59. The van der Waals surface area contributed by atoms with Gasteiger partial charge in [-0.25, -0.2) is 0 Å². The molecule has 1 saturated carbocycles. The minimum Gasteiger partial charge on any atom is -0.291 e. The minimum atomic E-state index is -2.00. The molecule has 1 fully saturated rings. The Hall–Kier alpha value is -2.70. The summed E-state index contributed by atoms with van der Waals surface area (Å²) in [5.41, 5.74) is -5.84. The van der Waals surface area contributed by atoms with Crippen molar-refractivity contribution in [3.63, 3.8) is 0 Å². The second-order valence-corrected chi connectivity index (χ2v) is 4.53. The second kappa shape index (κ2) is 3.66.